The zero-order chi connectivity index (χ0) is 14.5. The van der Waals surface area contributed by atoms with Crippen LogP contribution in [0.4, 0.5) is 5.69 Å². The Morgan fingerprint density at radius 2 is 2.35 bits per heavy atom. The first-order chi connectivity index (χ1) is 9.56. The van der Waals surface area contributed by atoms with Gasteiger partial charge in [-0.05, 0) is 50.4 Å². The standard InChI is InChI=1S/C16H25N3O/c1-12-5-4-8-19(11-12)13(2)10-18-16(20)14-6-3-7-15(17)9-14/h3,6-7,9,12-13H,4-5,8,10-11,17H2,1-2H3,(H,18,20). The summed E-state index contributed by atoms with van der Waals surface area (Å²) >= 11 is 0. The minimum atomic E-state index is -0.0470. The van der Waals surface area contributed by atoms with Gasteiger partial charge in [-0.3, -0.25) is 9.69 Å². The van der Waals surface area contributed by atoms with E-state index < -0.39 is 0 Å². The van der Waals surface area contributed by atoms with Gasteiger partial charge >= 0.3 is 0 Å². The molecule has 1 amide bonds. The van der Waals surface area contributed by atoms with Gasteiger partial charge in [-0.15, -0.1) is 0 Å². The van der Waals surface area contributed by atoms with Gasteiger partial charge < -0.3 is 11.1 Å². The number of hydrogen-bond acceptors (Lipinski definition) is 3. The number of carbonyl (C=O) groups excluding carboxylic acids is 1. The number of nitrogens with zero attached hydrogens (tertiary/aromatic N) is 1. The van der Waals surface area contributed by atoms with Gasteiger partial charge in [0.25, 0.3) is 5.91 Å². The molecule has 20 heavy (non-hydrogen) atoms. The molecule has 0 bridgehead atoms. The van der Waals surface area contributed by atoms with Crippen molar-refractivity contribution < 1.29 is 4.79 Å². The average molecular weight is 275 g/mol. The summed E-state index contributed by atoms with van der Waals surface area (Å²) in [5, 5.41) is 3.00. The van der Waals surface area contributed by atoms with E-state index in [1.54, 1.807) is 24.3 Å². The molecule has 1 aliphatic heterocycles. The smallest absolute Gasteiger partial charge is 0.251 e. The van der Waals surface area contributed by atoms with E-state index in [1.165, 1.54) is 12.8 Å². The second kappa shape index (κ2) is 6.75. The lowest BCUT2D eigenvalue weighted by Gasteiger charge is -2.35. The summed E-state index contributed by atoms with van der Waals surface area (Å²) in [7, 11) is 0. The molecule has 1 aromatic carbocycles. The van der Waals surface area contributed by atoms with Crippen molar-refractivity contribution in [2.45, 2.75) is 32.7 Å². The average Bonchev–Trinajstić information content (AvgIpc) is 2.44. The lowest BCUT2D eigenvalue weighted by Crippen LogP contribution is -2.46. The summed E-state index contributed by atoms with van der Waals surface area (Å²) in [5.74, 6) is 0.713. The van der Waals surface area contributed by atoms with Crippen molar-refractivity contribution in [3.63, 3.8) is 0 Å². The van der Waals surface area contributed by atoms with Crippen LogP contribution in [0.1, 0.15) is 37.0 Å². The number of piperidine rings is 1. The number of rotatable bonds is 4. The van der Waals surface area contributed by atoms with Gasteiger partial charge in [0.05, 0.1) is 0 Å². The summed E-state index contributed by atoms with van der Waals surface area (Å²) in [6.07, 6.45) is 2.58. The van der Waals surface area contributed by atoms with Crippen LogP contribution in [0, 0.1) is 5.92 Å². The lowest BCUT2D eigenvalue weighted by atomic mass is 9.99. The predicted molar refractivity (Wildman–Crippen MR) is 82.6 cm³/mol. The normalized spacial score (nSPS) is 21.4. The number of benzene rings is 1. The van der Waals surface area contributed by atoms with Crippen molar-refractivity contribution in [2.75, 3.05) is 25.4 Å². The van der Waals surface area contributed by atoms with Gasteiger partial charge in [0.15, 0.2) is 0 Å². The van der Waals surface area contributed by atoms with Crippen LogP contribution in [0.2, 0.25) is 0 Å². The molecule has 1 heterocycles. The maximum absolute atomic E-state index is 12.1. The van der Waals surface area contributed by atoms with Crippen molar-refractivity contribution in [1.82, 2.24) is 10.2 Å². The Morgan fingerprint density at radius 1 is 1.55 bits per heavy atom. The second-order valence-corrected chi connectivity index (χ2v) is 5.93. The topological polar surface area (TPSA) is 58.4 Å². The Balaban J connectivity index is 1.83. The molecule has 1 fully saturated rings. The minimum Gasteiger partial charge on any atom is -0.399 e. The third-order valence-corrected chi connectivity index (χ3v) is 4.02. The highest BCUT2D eigenvalue weighted by Gasteiger charge is 2.21. The lowest BCUT2D eigenvalue weighted by molar-refractivity contribution is 0.0917. The van der Waals surface area contributed by atoms with Crippen molar-refractivity contribution >= 4 is 11.6 Å². The van der Waals surface area contributed by atoms with E-state index >= 15 is 0 Å². The molecule has 4 nitrogen and oxygen atoms in total. The highest BCUT2D eigenvalue weighted by Crippen LogP contribution is 2.17. The molecule has 0 aliphatic carbocycles. The summed E-state index contributed by atoms with van der Waals surface area (Å²) in [5.41, 5.74) is 6.95. The van der Waals surface area contributed by atoms with Crippen molar-refractivity contribution in [1.29, 1.82) is 0 Å². The van der Waals surface area contributed by atoms with Crippen molar-refractivity contribution in [3.8, 4) is 0 Å². The largest absolute Gasteiger partial charge is 0.399 e. The van der Waals surface area contributed by atoms with Gasteiger partial charge in [-0.25, -0.2) is 0 Å². The highest BCUT2D eigenvalue weighted by atomic mass is 16.1. The van der Waals surface area contributed by atoms with E-state index in [-0.39, 0.29) is 5.91 Å². The predicted octanol–water partition coefficient (Wildman–Crippen LogP) is 2.12. The first-order valence-electron chi connectivity index (χ1n) is 7.44. The monoisotopic (exact) mass is 275 g/mol. The first-order valence-corrected chi connectivity index (χ1v) is 7.44. The van der Waals surface area contributed by atoms with E-state index in [0.717, 1.165) is 19.0 Å². The molecule has 110 valence electrons. The van der Waals surface area contributed by atoms with E-state index in [9.17, 15) is 4.79 Å². The summed E-state index contributed by atoms with van der Waals surface area (Å²) in [6.45, 7) is 7.43. The molecule has 2 rings (SSSR count). The number of hydrogen-bond donors (Lipinski definition) is 2. The third-order valence-electron chi connectivity index (χ3n) is 4.02. The number of likely N-dealkylation sites (tertiary alicyclic amines) is 1. The number of nitrogens with two attached hydrogens (primary N) is 1. The molecular formula is C16H25N3O. The Kier molecular flexibility index (Phi) is 5.01. The highest BCUT2D eigenvalue weighted by molar-refractivity contribution is 5.94. The molecule has 4 heteroatoms. The number of nitrogen functional groups attached to an aromatic ring is 1. The fourth-order valence-corrected chi connectivity index (χ4v) is 2.78. The van der Waals surface area contributed by atoms with Crippen LogP contribution < -0.4 is 11.1 Å². The molecule has 0 saturated carbocycles. The fourth-order valence-electron chi connectivity index (χ4n) is 2.78. The Hall–Kier alpha value is -1.55. The van der Waals surface area contributed by atoms with Crippen LogP contribution >= 0.6 is 0 Å². The van der Waals surface area contributed by atoms with Crippen LogP contribution in [-0.4, -0.2) is 36.5 Å². The minimum absolute atomic E-state index is 0.0470. The van der Waals surface area contributed by atoms with Crippen molar-refractivity contribution in [3.05, 3.63) is 29.8 Å². The number of anilines is 1. The van der Waals surface area contributed by atoms with Crippen molar-refractivity contribution in [2.24, 2.45) is 5.92 Å². The molecule has 1 aliphatic rings. The van der Waals surface area contributed by atoms with Crippen LogP contribution in [-0.2, 0) is 0 Å². The quantitative estimate of drug-likeness (QED) is 0.828. The molecular weight excluding hydrogens is 250 g/mol. The third kappa shape index (κ3) is 3.97. The van der Waals surface area contributed by atoms with Crippen LogP contribution in [0.25, 0.3) is 0 Å². The van der Waals surface area contributed by atoms with Crippen LogP contribution in [0.3, 0.4) is 0 Å². The molecule has 2 unspecified atom stereocenters. The second-order valence-electron chi connectivity index (χ2n) is 5.93. The fraction of sp³-hybridized carbons (Fsp3) is 0.562. The van der Waals surface area contributed by atoms with E-state index in [0.29, 0.717) is 23.8 Å². The Bertz CT molecular complexity index is 461. The Labute approximate surface area is 121 Å². The van der Waals surface area contributed by atoms with E-state index in [1.807, 2.05) is 0 Å². The van der Waals surface area contributed by atoms with Crippen LogP contribution in [0.5, 0.6) is 0 Å². The number of carbonyl (C=O) groups is 1. The maximum Gasteiger partial charge on any atom is 0.251 e. The van der Waals surface area contributed by atoms with Crippen LogP contribution in [0.15, 0.2) is 24.3 Å². The van der Waals surface area contributed by atoms with E-state index in [2.05, 4.69) is 24.1 Å². The molecule has 0 aromatic heterocycles. The molecule has 0 spiro atoms. The molecule has 2 atom stereocenters. The van der Waals surface area contributed by atoms with Gasteiger partial charge in [0.2, 0.25) is 0 Å². The van der Waals surface area contributed by atoms with Gasteiger partial charge in [0.1, 0.15) is 0 Å². The number of amides is 1. The van der Waals surface area contributed by atoms with Gasteiger partial charge in [-0.2, -0.15) is 0 Å². The maximum atomic E-state index is 12.1. The molecule has 3 N–H and O–H groups in total. The van der Waals surface area contributed by atoms with Gasteiger partial charge in [0, 0.05) is 30.4 Å². The van der Waals surface area contributed by atoms with Gasteiger partial charge in [-0.1, -0.05) is 13.0 Å². The van der Waals surface area contributed by atoms with E-state index in [4.69, 9.17) is 5.73 Å². The molecule has 0 radical (unpaired) electrons. The molecule has 1 aromatic rings. The first kappa shape index (κ1) is 14.9. The molecule has 1 saturated heterocycles. The number of nitrogens with one attached hydrogen (secondary N) is 1. The summed E-state index contributed by atoms with van der Waals surface area (Å²) < 4.78 is 0. The summed E-state index contributed by atoms with van der Waals surface area (Å²) in [6, 6.07) is 7.47. The SMILES string of the molecule is CC1CCCN(C(C)CNC(=O)c2cccc(N)c2)C1. The zero-order valence-corrected chi connectivity index (χ0v) is 12.4. The summed E-state index contributed by atoms with van der Waals surface area (Å²) in [4.78, 5) is 14.5. The Morgan fingerprint density at radius 3 is 3.05 bits per heavy atom. The zero-order valence-electron chi connectivity index (χ0n) is 12.4.